The first-order chi connectivity index (χ1) is 18.3. The van der Waals surface area contributed by atoms with Crippen molar-refractivity contribution in [2.24, 2.45) is 0 Å². The zero-order chi connectivity index (χ0) is 26.9. The van der Waals surface area contributed by atoms with E-state index < -0.39 is 23.8 Å². The van der Waals surface area contributed by atoms with E-state index in [0.29, 0.717) is 22.5 Å². The quantitative estimate of drug-likeness (QED) is 0.361. The zero-order valence-corrected chi connectivity index (χ0v) is 21.4. The lowest BCUT2D eigenvalue weighted by atomic mass is 9.94. The zero-order valence-electron chi connectivity index (χ0n) is 21.4. The van der Waals surface area contributed by atoms with E-state index >= 15 is 0 Å². The first kappa shape index (κ1) is 24.8. The number of hydrogen-bond donors (Lipinski definition) is 3. The van der Waals surface area contributed by atoms with Gasteiger partial charge in [0.25, 0.3) is 5.91 Å². The molecule has 1 aliphatic heterocycles. The third-order valence-corrected chi connectivity index (χ3v) is 6.29. The molecule has 0 saturated heterocycles. The molecular weight excluding hydrogens is 480 g/mol. The number of nitrogens with one attached hydrogen (secondary N) is 3. The van der Waals surface area contributed by atoms with Crippen LogP contribution in [0.5, 0.6) is 0 Å². The molecule has 0 spiro atoms. The Kier molecular flexibility index (Phi) is 6.47. The molecule has 2 atom stereocenters. The van der Waals surface area contributed by atoms with Crippen molar-refractivity contribution in [1.29, 1.82) is 5.26 Å². The van der Waals surface area contributed by atoms with E-state index in [1.807, 2.05) is 60.7 Å². The Balaban J connectivity index is 1.70. The van der Waals surface area contributed by atoms with Crippen molar-refractivity contribution in [2.75, 3.05) is 16.8 Å². The van der Waals surface area contributed by atoms with Gasteiger partial charge in [-0.05, 0) is 50.6 Å². The standard InChI is InChI=1S/C29H28N6O3/c1-29(2,3)38-28(37)32-23-17-31-22-14-8-9-15-24(22)35(27(23)36)26(19-11-5-4-10-18(19)16-30)25-20-12-6-7-13-21(20)33-34-25/h4-15,23,26,31H,17H2,1-3H3,(H,32,37)(H,33,34). The largest absolute Gasteiger partial charge is 0.444 e. The van der Waals surface area contributed by atoms with Gasteiger partial charge in [-0.1, -0.05) is 48.5 Å². The molecule has 1 aromatic heterocycles. The highest BCUT2D eigenvalue weighted by Gasteiger charge is 2.39. The molecule has 3 aromatic carbocycles. The van der Waals surface area contributed by atoms with Gasteiger partial charge in [0.2, 0.25) is 0 Å². The van der Waals surface area contributed by atoms with Gasteiger partial charge in [0, 0.05) is 11.9 Å². The van der Waals surface area contributed by atoms with Gasteiger partial charge >= 0.3 is 6.09 Å². The highest BCUT2D eigenvalue weighted by molar-refractivity contribution is 6.04. The highest BCUT2D eigenvalue weighted by Crippen LogP contribution is 2.41. The number of benzene rings is 3. The predicted molar refractivity (Wildman–Crippen MR) is 145 cm³/mol. The number of amides is 2. The predicted octanol–water partition coefficient (Wildman–Crippen LogP) is 4.88. The van der Waals surface area contributed by atoms with Crippen LogP contribution < -0.4 is 15.5 Å². The smallest absolute Gasteiger partial charge is 0.408 e. The molecule has 2 amide bonds. The summed E-state index contributed by atoms with van der Waals surface area (Å²) in [6, 6.07) is 22.8. The average Bonchev–Trinajstić information content (AvgIpc) is 3.26. The summed E-state index contributed by atoms with van der Waals surface area (Å²) in [6.07, 6.45) is -0.690. The Hall–Kier alpha value is -4.84. The third-order valence-electron chi connectivity index (χ3n) is 6.29. The van der Waals surface area contributed by atoms with Crippen molar-refractivity contribution in [3.8, 4) is 6.07 Å². The number of anilines is 2. The van der Waals surface area contributed by atoms with Crippen LogP contribution >= 0.6 is 0 Å². The van der Waals surface area contributed by atoms with Crippen LogP contribution in [0.1, 0.15) is 43.6 Å². The molecule has 38 heavy (non-hydrogen) atoms. The Bertz CT molecular complexity index is 1550. The number of ether oxygens (including phenoxy) is 1. The number of nitriles is 1. The molecule has 0 saturated carbocycles. The summed E-state index contributed by atoms with van der Waals surface area (Å²) >= 11 is 0. The normalized spacial score (nSPS) is 16.1. The summed E-state index contributed by atoms with van der Waals surface area (Å²) < 4.78 is 5.45. The van der Waals surface area contributed by atoms with E-state index in [0.717, 1.165) is 16.6 Å². The topological polar surface area (TPSA) is 123 Å². The summed E-state index contributed by atoms with van der Waals surface area (Å²) in [5.41, 5.74) is 3.06. The number of H-pyrrole nitrogens is 1. The van der Waals surface area contributed by atoms with Gasteiger partial charge in [-0.15, -0.1) is 0 Å². The number of nitrogens with zero attached hydrogens (tertiary/aromatic N) is 3. The van der Waals surface area contributed by atoms with Gasteiger partial charge in [-0.25, -0.2) is 4.79 Å². The number of aromatic nitrogens is 2. The molecule has 0 aliphatic carbocycles. The average molecular weight is 509 g/mol. The van der Waals surface area contributed by atoms with E-state index in [4.69, 9.17) is 4.74 Å². The van der Waals surface area contributed by atoms with Crippen LogP contribution in [0.4, 0.5) is 16.2 Å². The lowest BCUT2D eigenvalue weighted by molar-refractivity contribution is -0.120. The van der Waals surface area contributed by atoms with Gasteiger partial charge in [-0.3, -0.25) is 14.8 Å². The number of para-hydroxylation sites is 3. The lowest BCUT2D eigenvalue weighted by Crippen LogP contribution is -2.52. The maximum atomic E-state index is 14.4. The van der Waals surface area contributed by atoms with Crippen LogP contribution in [0.15, 0.2) is 72.8 Å². The second kappa shape index (κ2) is 9.90. The molecular formula is C29H28N6O3. The Morgan fingerprint density at radius 1 is 1.11 bits per heavy atom. The fourth-order valence-corrected chi connectivity index (χ4v) is 4.70. The molecule has 0 fully saturated rings. The molecule has 9 heteroatoms. The van der Waals surface area contributed by atoms with Crippen molar-refractivity contribution < 1.29 is 14.3 Å². The van der Waals surface area contributed by atoms with Crippen LogP contribution in [-0.2, 0) is 9.53 Å². The molecule has 0 bridgehead atoms. The first-order valence-electron chi connectivity index (χ1n) is 12.3. The number of alkyl carbamates (subject to hydrolysis) is 1. The SMILES string of the molecule is CC(C)(C)OC(=O)NC1CNc2ccccc2N(C(c2ccccc2C#N)c2[nH]nc3ccccc23)C1=O. The van der Waals surface area contributed by atoms with Crippen molar-refractivity contribution in [2.45, 2.75) is 38.5 Å². The molecule has 192 valence electrons. The Morgan fingerprint density at radius 2 is 1.82 bits per heavy atom. The molecule has 2 unspecified atom stereocenters. The molecule has 9 nitrogen and oxygen atoms in total. The van der Waals surface area contributed by atoms with E-state index in [-0.39, 0.29) is 12.5 Å². The lowest BCUT2D eigenvalue weighted by Gasteiger charge is -2.34. The monoisotopic (exact) mass is 508 g/mol. The number of rotatable bonds is 4. The number of fused-ring (bicyclic) bond motifs is 2. The Morgan fingerprint density at radius 3 is 2.61 bits per heavy atom. The minimum Gasteiger partial charge on any atom is -0.444 e. The fraction of sp³-hybridized carbons (Fsp3) is 0.241. The molecule has 1 aliphatic rings. The van der Waals surface area contributed by atoms with Gasteiger partial charge in [0.15, 0.2) is 0 Å². The minimum absolute atomic E-state index is 0.155. The molecule has 0 radical (unpaired) electrons. The number of carbonyl (C=O) groups excluding carboxylic acids is 2. The maximum absolute atomic E-state index is 14.4. The van der Waals surface area contributed by atoms with Gasteiger partial charge in [-0.2, -0.15) is 10.4 Å². The second-order valence-corrected chi connectivity index (χ2v) is 10.1. The summed E-state index contributed by atoms with van der Waals surface area (Å²) in [6.45, 7) is 5.45. The van der Waals surface area contributed by atoms with Gasteiger partial charge in [0.05, 0.1) is 34.2 Å². The Labute approximate surface area is 220 Å². The second-order valence-electron chi connectivity index (χ2n) is 10.1. The molecule has 4 aromatic rings. The number of aromatic amines is 1. The number of hydrogen-bond acceptors (Lipinski definition) is 6. The van der Waals surface area contributed by atoms with Crippen LogP contribution in [0.2, 0.25) is 0 Å². The summed E-state index contributed by atoms with van der Waals surface area (Å²) in [5, 5.41) is 24.5. The van der Waals surface area contributed by atoms with Gasteiger partial charge in [0.1, 0.15) is 17.7 Å². The summed E-state index contributed by atoms with van der Waals surface area (Å²) in [4.78, 5) is 28.7. The molecule has 5 rings (SSSR count). The molecule has 2 heterocycles. The highest BCUT2D eigenvalue weighted by atomic mass is 16.6. The summed E-state index contributed by atoms with van der Waals surface area (Å²) in [7, 11) is 0. The van der Waals surface area contributed by atoms with Crippen molar-refractivity contribution >= 4 is 34.3 Å². The van der Waals surface area contributed by atoms with Crippen LogP contribution in [0.25, 0.3) is 10.9 Å². The van der Waals surface area contributed by atoms with Gasteiger partial charge < -0.3 is 15.4 Å². The maximum Gasteiger partial charge on any atom is 0.408 e. The van der Waals surface area contributed by atoms with Crippen LogP contribution in [0.3, 0.4) is 0 Å². The number of carbonyl (C=O) groups is 2. The van der Waals surface area contributed by atoms with Crippen LogP contribution in [-0.4, -0.2) is 40.4 Å². The van der Waals surface area contributed by atoms with E-state index in [9.17, 15) is 14.9 Å². The van der Waals surface area contributed by atoms with Crippen molar-refractivity contribution in [3.63, 3.8) is 0 Å². The van der Waals surface area contributed by atoms with E-state index in [1.165, 1.54) is 0 Å². The fourth-order valence-electron chi connectivity index (χ4n) is 4.70. The summed E-state index contributed by atoms with van der Waals surface area (Å²) in [5.74, 6) is -0.357. The first-order valence-corrected chi connectivity index (χ1v) is 12.3. The van der Waals surface area contributed by atoms with Crippen molar-refractivity contribution in [3.05, 3.63) is 89.6 Å². The van der Waals surface area contributed by atoms with Crippen molar-refractivity contribution in [1.82, 2.24) is 15.5 Å². The van der Waals surface area contributed by atoms with E-state index in [1.54, 1.807) is 37.8 Å². The minimum atomic E-state index is -0.941. The molecule has 3 N–H and O–H groups in total. The van der Waals surface area contributed by atoms with E-state index in [2.05, 4.69) is 26.9 Å². The van der Waals surface area contributed by atoms with Crippen LogP contribution in [0, 0.1) is 11.3 Å². The third kappa shape index (κ3) is 4.76.